The van der Waals surface area contributed by atoms with Gasteiger partial charge in [0, 0.05) is 10.6 Å². The SMILES string of the molecule is CC(=O)/C=C/c1c(Cl)cc(Cl)cc1Cl. The Morgan fingerprint density at radius 1 is 1.21 bits per heavy atom. The van der Waals surface area contributed by atoms with Gasteiger partial charge in [0.05, 0.1) is 10.0 Å². The molecule has 1 aromatic carbocycles. The summed E-state index contributed by atoms with van der Waals surface area (Å²) in [7, 11) is 0. The molecule has 0 aliphatic heterocycles. The van der Waals surface area contributed by atoms with Crippen LogP contribution in [0.4, 0.5) is 0 Å². The summed E-state index contributed by atoms with van der Waals surface area (Å²) in [5.74, 6) is -0.0629. The van der Waals surface area contributed by atoms with Crippen LogP contribution in [0.1, 0.15) is 12.5 Å². The number of allylic oxidation sites excluding steroid dienone is 1. The van der Waals surface area contributed by atoms with Crippen molar-refractivity contribution in [3.05, 3.63) is 38.8 Å². The normalized spacial score (nSPS) is 10.9. The highest BCUT2D eigenvalue weighted by atomic mass is 35.5. The molecule has 0 amide bonds. The minimum atomic E-state index is -0.0629. The maximum Gasteiger partial charge on any atom is 0.152 e. The van der Waals surface area contributed by atoms with E-state index in [1.165, 1.54) is 13.0 Å². The van der Waals surface area contributed by atoms with Crippen LogP contribution in [0.15, 0.2) is 18.2 Å². The van der Waals surface area contributed by atoms with Crippen LogP contribution in [-0.4, -0.2) is 5.78 Å². The fourth-order valence-corrected chi connectivity index (χ4v) is 1.86. The van der Waals surface area contributed by atoms with Gasteiger partial charge in [0.25, 0.3) is 0 Å². The molecule has 0 aliphatic carbocycles. The van der Waals surface area contributed by atoms with E-state index < -0.39 is 0 Å². The molecule has 4 heteroatoms. The Labute approximate surface area is 97.3 Å². The molecule has 0 radical (unpaired) electrons. The lowest BCUT2D eigenvalue weighted by atomic mass is 10.2. The maximum absolute atomic E-state index is 10.7. The minimum Gasteiger partial charge on any atom is -0.295 e. The van der Waals surface area contributed by atoms with E-state index in [9.17, 15) is 4.79 Å². The number of hydrogen-bond donors (Lipinski definition) is 0. The Bertz CT molecular complexity index is 373. The van der Waals surface area contributed by atoms with Gasteiger partial charge < -0.3 is 0 Å². The first-order chi connectivity index (χ1) is 6.50. The van der Waals surface area contributed by atoms with E-state index in [-0.39, 0.29) is 5.78 Å². The number of ketones is 1. The van der Waals surface area contributed by atoms with Crippen molar-refractivity contribution in [3.63, 3.8) is 0 Å². The van der Waals surface area contributed by atoms with Crippen molar-refractivity contribution in [2.24, 2.45) is 0 Å². The predicted octanol–water partition coefficient (Wildman–Crippen LogP) is 4.25. The molecule has 0 aromatic heterocycles. The molecule has 0 saturated carbocycles. The highest BCUT2D eigenvalue weighted by Gasteiger charge is 2.04. The van der Waals surface area contributed by atoms with E-state index in [2.05, 4.69) is 0 Å². The molecule has 1 nitrogen and oxygen atoms in total. The van der Waals surface area contributed by atoms with Crippen LogP contribution in [0.5, 0.6) is 0 Å². The highest BCUT2D eigenvalue weighted by Crippen LogP contribution is 2.29. The smallest absolute Gasteiger partial charge is 0.152 e. The molecule has 0 bridgehead atoms. The van der Waals surface area contributed by atoms with Gasteiger partial charge in [0.1, 0.15) is 0 Å². The molecule has 0 N–H and O–H groups in total. The molecule has 74 valence electrons. The van der Waals surface area contributed by atoms with Crippen LogP contribution in [0.25, 0.3) is 6.08 Å². The zero-order valence-corrected chi connectivity index (χ0v) is 9.62. The third-order valence-corrected chi connectivity index (χ3v) is 2.37. The van der Waals surface area contributed by atoms with E-state index >= 15 is 0 Å². The lowest BCUT2D eigenvalue weighted by Crippen LogP contribution is -1.83. The summed E-state index contributed by atoms with van der Waals surface area (Å²) in [4.78, 5) is 10.7. The highest BCUT2D eigenvalue weighted by molar-refractivity contribution is 6.40. The van der Waals surface area contributed by atoms with Crippen LogP contribution < -0.4 is 0 Å². The van der Waals surface area contributed by atoms with Crippen LogP contribution in [0, 0.1) is 0 Å². The lowest BCUT2D eigenvalue weighted by molar-refractivity contribution is -0.112. The fraction of sp³-hybridized carbons (Fsp3) is 0.100. The molecular formula is C10H7Cl3O. The van der Waals surface area contributed by atoms with Crippen molar-refractivity contribution in [2.75, 3.05) is 0 Å². The molecule has 1 rings (SSSR count). The van der Waals surface area contributed by atoms with Crippen LogP contribution >= 0.6 is 34.8 Å². The second kappa shape index (κ2) is 4.83. The van der Waals surface area contributed by atoms with Crippen molar-refractivity contribution < 1.29 is 4.79 Å². The summed E-state index contributed by atoms with van der Waals surface area (Å²) in [5, 5.41) is 1.33. The first kappa shape index (κ1) is 11.6. The van der Waals surface area contributed by atoms with E-state index in [0.717, 1.165) is 0 Å². The van der Waals surface area contributed by atoms with Crippen molar-refractivity contribution in [1.82, 2.24) is 0 Å². The van der Waals surface area contributed by atoms with Crippen molar-refractivity contribution in [2.45, 2.75) is 6.92 Å². The Balaban J connectivity index is 3.15. The van der Waals surface area contributed by atoms with E-state index in [1.54, 1.807) is 18.2 Å². The van der Waals surface area contributed by atoms with E-state index in [1.807, 2.05) is 0 Å². The number of hydrogen-bond acceptors (Lipinski definition) is 1. The zero-order chi connectivity index (χ0) is 10.7. The number of carbonyl (C=O) groups excluding carboxylic acids is 1. The summed E-state index contributed by atoms with van der Waals surface area (Å²) >= 11 is 17.5. The molecule has 0 fully saturated rings. The van der Waals surface area contributed by atoms with Gasteiger partial charge in [0.2, 0.25) is 0 Å². The molecule has 0 heterocycles. The maximum atomic E-state index is 10.7. The Morgan fingerprint density at radius 2 is 1.71 bits per heavy atom. The van der Waals surface area contributed by atoms with Crippen molar-refractivity contribution in [1.29, 1.82) is 0 Å². The van der Waals surface area contributed by atoms with Gasteiger partial charge >= 0.3 is 0 Å². The molecule has 1 aromatic rings. The number of benzene rings is 1. The minimum absolute atomic E-state index is 0.0629. The molecule has 0 saturated heterocycles. The van der Waals surface area contributed by atoms with Gasteiger partial charge in [-0.05, 0) is 31.2 Å². The second-order valence-corrected chi connectivity index (χ2v) is 3.98. The van der Waals surface area contributed by atoms with Gasteiger partial charge in [-0.15, -0.1) is 0 Å². The molecule has 0 unspecified atom stereocenters. The van der Waals surface area contributed by atoms with Crippen LogP contribution in [-0.2, 0) is 4.79 Å². The fourth-order valence-electron chi connectivity index (χ4n) is 0.913. The Kier molecular flexibility index (Phi) is 3.99. The third-order valence-electron chi connectivity index (χ3n) is 1.53. The topological polar surface area (TPSA) is 17.1 Å². The average Bonchev–Trinajstić information content (AvgIpc) is 2.01. The first-order valence-electron chi connectivity index (χ1n) is 3.84. The number of rotatable bonds is 2. The Hall–Kier alpha value is -0.500. The van der Waals surface area contributed by atoms with Crippen molar-refractivity contribution in [3.8, 4) is 0 Å². The summed E-state index contributed by atoms with van der Waals surface area (Å²) in [5.41, 5.74) is 0.605. The third kappa shape index (κ3) is 3.02. The second-order valence-electron chi connectivity index (χ2n) is 2.73. The summed E-state index contributed by atoms with van der Waals surface area (Å²) < 4.78 is 0. The zero-order valence-electron chi connectivity index (χ0n) is 7.35. The van der Waals surface area contributed by atoms with Gasteiger partial charge in [-0.1, -0.05) is 34.8 Å². The van der Waals surface area contributed by atoms with Gasteiger partial charge in [-0.3, -0.25) is 4.79 Å². The quantitative estimate of drug-likeness (QED) is 0.716. The summed E-state index contributed by atoms with van der Waals surface area (Å²) in [6.45, 7) is 1.45. The predicted molar refractivity (Wildman–Crippen MR) is 61.2 cm³/mol. The monoisotopic (exact) mass is 248 g/mol. The van der Waals surface area contributed by atoms with Gasteiger partial charge in [-0.2, -0.15) is 0 Å². The number of halogens is 3. The van der Waals surface area contributed by atoms with Crippen molar-refractivity contribution >= 4 is 46.7 Å². The van der Waals surface area contributed by atoms with E-state index in [4.69, 9.17) is 34.8 Å². The van der Waals surface area contributed by atoms with Crippen LogP contribution in [0.2, 0.25) is 15.1 Å². The average molecular weight is 250 g/mol. The van der Waals surface area contributed by atoms with Crippen LogP contribution in [0.3, 0.4) is 0 Å². The standard InChI is InChI=1S/C10H7Cl3O/c1-6(14)2-3-8-9(12)4-7(11)5-10(8)13/h2-5H,1H3/b3-2+. The molecular weight excluding hydrogens is 242 g/mol. The van der Waals surface area contributed by atoms with E-state index in [0.29, 0.717) is 20.6 Å². The number of carbonyl (C=O) groups is 1. The molecule has 0 aliphatic rings. The Morgan fingerprint density at radius 3 is 2.14 bits per heavy atom. The lowest BCUT2D eigenvalue weighted by Gasteiger charge is -2.01. The molecule has 0 spiro atoms. The summed E-state index contributed by atoms with van der Waals surface area (Å²) in [6, 6.07) is 3.16. The molecule has 0 atom stereocenters. The summed E-state index contributed by atoms with van der Waals surface area (Å²) in [6.07, 6.45) is 2.98. The van der Waals surface area contributed by atoms with Gasteiger partial charge in [0.15, 0.2) is 5.78 Å². The molecule has 14 heavy (non-hydrogen) atoms. The largest absolute Gasteiger partial charge is 0.295 e. The first-order valence-corrected chi connectivity index (χ1v) is 4.97. The van der Waals surface area contributed by atoms with Gasteiger partial charge in [-0.25, -0.2) is 0 Å².